The predicted octanol–water partition coefficient (Wildman–Crippen LogP) is 3.08. The van der Waals surface area contributed by atoms with Crippen LogP contribution in [-0.2, 0) is 18.8 Å². The van der Waals surface area contributed by atoms with Crippen molar-refractivity contribution in [2.45, 2.75) is 34.1 Å². The van der Waals surface area contributed by atoms with Gasteiger partial charge in [-0.2, -0.15) is 0 Å². The molecule has 0 aromatic rings. The van der Waals surface area contributed by atoms with Gasteiger partial charge in [0.2, 0.25) is 0 Å². The Morgan fingerprint density at radius 3 is 2.44 bits per heavy atom. The maximum atomic E-state index is 11.7. The lowest BCUT2D eigenvalue weighted by Gasteiger charge is -2.07. The van der Waals surface area contributed by atoms with E-state index >= 15 is 0 Å². The molecule has 18 heavy (non-hydrogen) atoms. The highest BCUT2D eigenvalue weighted by Crippen LogP contribution is 2.23. The highest BCUT2D eigenvalue weighted by atomic mass is 31.1. The summed E-state index contributed by atoms with van der Waals surface area (Å²) in [7, 11) is -1.25. The third-order valence-electron chi connectivity index (χ3n) is 2.27. The van der Waals surface area contributed by atoms with E-state index in [9.17, 15) is 9.36 Å². The van der Waals surface area contributed by atoms with Crippen LogP contribution in [0.3, 0.4) is 0 Å². The average molecular weight is 277 g/mol. The lowest BCUT2D eigenvalue weighted by Crippen LogP contribution is -2.13. The van der Waals surface area contributed by atoms with Crippen LogP contribution < -0.4 is 0 Å². The van der Waals surface area contributed by atoms with Crippen molar-refractivity contribution < 1.29 is 18.8 Å². The van der Waals surface area contributed by atoms with Crippen LogP contribution in [0.15, 0.2) is 0 Å². The molecule has 0 saturated carbocycles. The molecule has 106 valence electrons. The molecule has 0 amide bonds. The predicted molar refractivity (Wildman–Crippen MR) is 73.4 cm³/mol. The molecule has 0 rings (SSSR count). The molecule has 0 aromatic heterocycles. The van der Waals surface area contributed by atoms with E-state index in [-0.39, 0.29) is 11.9 Å². The SMILES string of the molecule is CCC(=O)OCC(C)C[P+](=O)CCOCC(C)C. The molecule has 0 N–H and O–H groups in total. The van der Waals surface area contributed by atoms with Gasteiger partial charge in [-0.1, -0.05) is 32.3 Å². The molecule has 0 heterocycles. The minimum Gasteiger partial charge on any atom is -0.465 e. The molecular formula is C13H26O4P+. The van der Waals surface area contributed by atoms with Crippen LogP contribution in [-0.4, -0.2) is 38.1 Å². The lowest BCUT2D eigenvalue weighted by atomic mass is 10.2. The van der Waals surface area contributed by atoms with Gasteiger partial charge >= 0.3 is 13.8 Å². The summed E-state index contributed by atoms with van der Waals surface area (Å²) in [6.07, 6.45) is 1.58. The van der Waals surface area contributed by atoms with Crippen molar-refractivity contribution in [2.24, 2.45) is 11.8 Å². The first kappa shape index (κ1) is 17.5. The molecule has 2 unspecified atom stereocenters. The van der Waals surface area contributed by atoms with Gasteiger partial charge in [-0.3, -0.25) is 4.79 Å². The van der Waals surface area contributed by atoms with E-state index < -0.39 is 7.80 Å². The Kier molecular flexibility index (Phi) is 10.2. The fourth-order valence-electron chi connectivity index (χ4n) is 1.31. The molecule has 0 aliphatic rings. The van der Waals surface area contributed by atoms with Crippen molar-refractivity contribution in [3.05, 3.63) is 0 Å². The highest BCUT2D eigenvalue weighted by molar-refractivity contribution is 7.44. The van der Waals surface area contributed by atoms with Crippen LogP contribution in [0.4, 0.5) is 0 Å². The molecule has 0 aliphatic carbocycles. The smallest absolute Gasteiger partial charge is 0.341 e. The fraction of sp³-hybridized carbons (Fsp3) is 0.923. The van der Waals surface area contributed by atoms with Crippen molar-refractivity contribution >= 4 is 13.8 Å². The summed E-state index contributed by atoms with van der Waals surface area (Å²) in [5.41, 5.74) is 0. The Morgan fingerprint density at radius 2 is 1.89 bits per heavy atom. The molecule has 0 aliphatic heterocycles. The number of esters is 1. The fourth-order valence-corrected chi connectivity index (χ4v) is 2.63. The largest absolute Gasteiger partial charge is 0.465 e. The quantitative estimate of drug-likeness (QED) is 0.350. The van der Waals surface area contributed by atoms with Crippen molar-refractivity contribution in [3.63, 3.8) is 0 Å². The number of ether oxygens (including phenoxy) is 2. The topological polar surface area (TPSA) is 52.6 Å². The summed E-state index contributed by atoms with van der Waals surface area (Å²) in [6, 6.07) is 0. The summed E-state index contributed by atoms with van der Waals surface area (Å²) >= 11 is 0. The summed E-state index contributed by atoms with van der Waals surface area (Å²) < 4.78 is 22.1. The van der Waals surface area contributed by atoms with E-state index in [0.717, 1.165) is 0 Å². The molecule has 0 fully saturated rings. The zero-order chi connectivity index (χ0) is 14.0. The monoisotopic (exact) mass is 277 g/mol. The van der Waals surface area contributed by atoms with Crippen LogP contribution in [0.1, 0.15) is 34.1 Å². The van der Waals surface area contributed by atoms with Gasteiger partial charge in [-0.15, -0.1) is 0 Å². The first-order chi connectivity index (χ1) is 8.45. The van der Waals surface area contributed by atoms with Gasteiger partial charge < -0.3 is 9.47 Å². The van der Waals surface area contributed by atoms with E-state index in [1.54, 1.807) is 6.92 Å². The Bertz CT molecular complexity index is 253. The second-order valence-corrected chi connectivity index (χ2v) is 6.77. The maximum Gasteiger partial charge on any atom is 0.341 e. The van der Waals surface area contributed by atoms with Gasteiger partial charge in [-0.05, 0) is 5.92 Å². The van der Waals surface area contributed by atoms with Crippen LogP contribution in [0, 0.1) is 11.8 Å². The summed E-state index contributed by atoms with van der Waals surface area (Å²) in [6.45, 7) is 9.52. The molecule has 5 heteroatoms. The summed E-state index contributed by atoms with van der Waals surface area (Å²) in [4.78, 5) is 11.0. The number of hydrogen-bond acceptors (Lipinski definition) is 4. The Labute approximate surface area is 111 Å². The summed E-state index contributed by atoms with van der Waals surface area (Å²) in [5, 5.41) is 0. The minimum absolute atomic E-state index is 0.147. The van der Waals surface area contributed by atoms with Crippen LogP contribution in [0.25, 0.3) is 0 Å². The van der Waals surface area contributed by atoms with Crippen molar-refractivity contribution in [3.8, 4) is 0 Å². The third kappa shape index (κ3) is 10.7. The molecular weight excluding hydrogens is 251 g/mol. The van der Waals surface area contributed by atoms with Gasteiger partial charge in [0.1, 0.15) is 0 Å². The Morgan fingerprint density at radius 1 is 1.22 bits per heavy atom. The normalized spacial score (nSPS) is 13.5. The molecule has 0 radical (unpaired) electrons. The Balaban J connectivity index is 3.58. The van der Waals surface area contributed by atoms with Gasteiger partial charge in [-0.25, -0.2) is 0 Å². The molecule has 4 nitrogen and oxygen atoms in total. The lowest BCUT2D eigenvalue weighted by molar-refractivity contribution is -0.144. The molecule has 0 spiro atoms. The number of hydrogen-bond donors (Lipinski definition) is 0. The minimum atomic E-state index is -1.25. The van der Waals surface area contributed by atoms with Crippen molar-refractivity contribution in [1.29, 1.82) is 0 Å². The molecule has 0 bridgehead atoms. The van der Waals surface area contributed by atoms with E-state index in [1.807, 2.05) is 6.92 Å². The molecule has 0 saturated heterocycles. The number of rotatable bonds is 10. The Hall–Kier alpha value is -0.470. The third-order valence-corrected chi connectivity index (χ3v) is 3.98. The molecule has 0 aromatic carbocycles. The zero-order valence-electron chi connectivity index (χ0n) is 12.0. The van der Waals surface area contributed by atoms with E-state index in [0.29, 0.717) is 44.5 Å². The standard InChI is InChI=1S/C13H26O4P/c1-5-13(14)17-9-12(4)10-18(15)7-6-16-8-11(2)3/h11-12H,5-10H2,1-4H3/q+1. The van der Waals surface area contributed by atoms with Gasteiger partial charge in [0.25, 0.3) is 0 Å². The van der Waals surface area contributed by atoms with Gasteiger partial charge in [0, 0.05) is 18.9 Å². The van der Waals surface area contributed by atoms with E-state index in [2.05, 4.69) is 13.8 Å². The van der Waals surface area contributed by atoms with Crippen molar-refractivity contribution in [2.75, 3.05) is 32.1 Å². The first-order valence-electron chi connectivity index (χ1n) is 6.61. The maximum absolute atomic E-state index is 11.7. The first-order valence-corrected chi connectivity index (χ1v) is 8.24. The highest BCUT2D eigenvalue weighted by Gasteiger charge is 2.20. The van der Waals surface area contributed by atoms with Crippen LogP contribution in [0.2, 0.25) is 0 Å². The van der Waals surface area contributed by atoms with Crippen LogP contribution in [0.5, 0.6) is 0 Å². The van der Waals surface area contributed by atoms with E-state index in [1.165, 1.54) is 0 Å². The van der Waals surface area contributed by atoms with Crippen molar-refractivity contribution in [1.82, 2.24) is 0 Å². The van der Waals surface area contributed by atoms with Crippen LogP contribution >= 0.6 is 7.80 Å². The summed E-state index contributed by atoms with van der Waals surface area (Å²) in [5.74, 6) is 0.460. The average Bonchev–Trinajstić information content (AvgIpc) is 2.31. The number of carbonyl (C=O) groups is 1. The van der Waals surface area contributed by atoms with Gasteiger partial charge in [0.05, 0.1) is 13.2 Å². The second-order valence-electron chi connectivity index (χ2n) is 5.00. The van der Waals surface area contributed by atoms with Gasteiger partial charge in [0.15, 0.2) is 12.3 Å². The molecule has 2 atom stereocenters. The van der Waals surface area contributed by atoms with E-state index in [4.69, 9.17) is 9.47 Å². The number of carbonyl (C=O) groups excluding carboxylic acids is 1. The second kappa shape index (κ2) is 10.5. The zero-order valence-corrected chi connectivity index (χ0v) is 12.9.